The summed E-state index contributed by atoms with van der Waals surface area (Å²) in [6, 6.07) is 25.0. The Kier molecular flexibility index (Phi) is 3.62. The van der Waals surface area contributed by atoms with Gasteiger partial charge in [0, 0.05) is 14.1 Å². The molecular weight excluding hydrogens is 251 g/mol. The first-order valence-electron chi connectivity index (χ1n) is 6.13. The second-order valence-corrected chi connectivity index (χ2v) is 6.25. The molecule has 0 unspecified atom stereocenters. The molecule has 2 aromatic carbocycles. The fraction of sp³-hybridized carbons (Fsp3) is 0. The Morgan fingerprint density at radius 2 is 1.21 bits per heavy atom. The smallest absolute Gasteiger partial charge is 0.0947 e. The van der Waals surface area contributed by atoms with E-state index in [1.807, 2.05) is 18.2 Å². The second kappa shape index (κ2) is 5.73. The molecule has 92 valence electrons. The van der Waals surface area contributed by atoms with Crippen molar-refractivity contribution in [2.45, 2.75) is 0 Å². The predicted molar refractivity (Wildman–Crippen MR) is 80.7 cm³/mol. The van der Waals surface area contributed by atoms with Crippen molar-refractivity contribution in [2.24, 2.45) is 0 Å². The Bertz CT molecular complexity index is 533. The summed E-state index contributed by atoms with van der Waals surface area (Å²) in [6.45, 7) is 0. The van der Waals surface area contributed by atoms with Gasteiger partial charge in [-0.15, -0.1) is 0 Å². The minimum absolute atomic E-state index is 0.620. The third-order valence-corrected chi connectivity index (χ3v) is 5.14. The molecule has 0 aliphatic carbocycles. The minimum atomic E-state index is -0.620. The van der Waals surface area contributed by atoms with Crippen molar-refractivity contribution < 1.29 is 0 Å². The molecule has 0 aliphatic rings. The molecular formula is C16H13N2P. The van der Waals surface area contributed by atoms with Gasteiger partial charge in [-0.1, -0.05) is 60.7 Å². The average Bonchev–Trinajstić information content (AvgIpc) is 2.51. The van der Waals surface area contributed by atoms with Crippen molar-refractivity contribution in [3.05, 3.63) is 79.0 Å². The normalized spacial score (nSPS) is 10.6. The summed E-state index contributed by atoms with van der Waals surface area (Å²) in [6.07, 6.45) is 1.72. The van der Waals surface area contributed by atoms with Gasteiger partial charge in [-0.05, 0) is 22.7 Å². The van der Waals surface area contributed by atoms with Crippen LogP contribution in [0.25, 0.3) is 0 Å². The Morgan fingerprint density at radius 3 is 1.68 bits per heavy atom. The highest BCUT2D eigenvalue weighted by Gasteiger charge is 2.17. The van der Waals surface area contributed by atoms with Crippen molar-refractivity contribution in [2.75, 3.05) is 0 Å². The van der Waals surface area contributed by atoms with Crippen LogP contribution in [0, 0.1) is 0 Å². The Hall–Kier alpha value is -2.05. The van der Waals surface area contributed by atoms with Gasteiger partial charge in [-0.3, -0.25) is 0 Å². The van der Waals surface area contributed by atoms with Gasteiger partial charge < -0.3 is 0 Å². The van der Waals surface area contributed by atoms with Crippen LogP contribution in [0.4, 0.5) is 0 Å². The maximum atomic E-state index is 4.31. The molecule has 0 fully saturated rings. The van der Waals surface area contributed by atoms with E-state index in [2.05, 4.69) is 64.8 Å². The molecule has 0 saturated carbocycles. The number of nitrogens with zero attached hydrogens (tertiary/aromatic N) is 2. The van der Waals surface area contributed by atoms with Gasteiger partial charge in [-0.2, -0.15) is 10.2 Å². The molecule has 19 heavy (non-hydrogen) atoms. The average molecular weight is 264 g/mol. The summed E-state index contributed by atoms with van der Waals surface area (Å²) in [4.78, 5) is 0. The molecule has 0 aliphatic heterocycles. The lowest BCUT2D eigenvalue weighted by molar-refractivity contribution is 1.06. The van der Waals surface area contributed by atoms with Gasteiger partial charge in [0.1, 0.15) is 0 Å². The molecule has 1 aromatic heterocycles. The van der Waals surface area contributed by atoms with Crippen molar-refractivity contribution in [3.8, 4) is 0 Å². The van der Waals surface area contributed by atoms with Gasteiger partial charge >= 0.3 is 0 Å². The van der Waals surface area contributed by atoms with Crippen LogP contribution < -0.4 is 16.0 Å². The molecule has 0 N–H and O–H groups in total. The molecule has 1 heterocycles. The third kappa shape index (κ3) is 2.69. The van der Waals surface area contributed by atoms with Gasteiger partial charge in [0.25, 0.3) is 0 Å². The van der Waals surface area contributed by atoms with Crippen molar-refractivity contribution >= 4 is 24.0 Å². The molecule has 2 nitrogen and oxygen atoms in total. The number of hydrogen-bond acceptors (Lipinski definition) is 2. The van der Waals surface area contributed by atoms with E-state index in [1.54, 1.807) is 6.20 Å². The first-order chi connectivity index (χ1) is 9.45. The molecule has 3 rings (SSSR count). The van der Waals surface area contributed by atoms with Crippen LogP contribution in [0.1, 0.15) is 0 Å². The van der Waals surface area contributed by atoms with Gasteiger partial charge in [0.05, 0.1) is 5.44 Å². The predicted octanol–water partition coefficient (Wildman–Crippen LogP) is 2.23. The van der Waals surface area contributed by atoms with Crippen LogP contribution >= 0.6 is 7.92 Å². The number of rotatable bonds is 3. The van der Waals surface area contributed by atoms with E-state index in [-0.39, 0.29) is 0 Å². The van der Waals surface area contributed by atoms with Gasteiger partial charge in [-0.25, -0.2) is 0 Å². The van der Waals surface area contributed by atoms with E-state index in [4.69, 9.17) is 0 Å². The number of benzene rings is 2. The molecule has 0 spiro atoms. The fourth-order valence-corrected chi connectivity index (χ4v) is 4.12. The fourth-order valence-electron chi connectivity index (χ4n) is 1.98. The lowest BCUT2D eigenvalue weighted by atomic mass is 10.4. The Morgan fingerprint density at radius 1 is 0.632 bits per heavy atom. The van der Waals surface area contributed by atoms with Crippen LogP contribution in [-0.2, 0) is 0 Å². The zero-order valence-electron chi connectivity index (χ0n) is 10.3. The molecule has 3 aromatic rings. The van der Waals surface area contributed by atoms with Crippen LogP contribution in [0.15, 0.2) is 79.0 Å². The molecule has 0 saturated heterocycles. The lowest BCUT2D eigenvalue weighted by Crippen LogP contribution is -2.23. The highest BCUT2D eigenvalue weighted by molar-refractivity contribution is 7.79. The largest absolute Gasteiger partial charge is 0.159 e. The maximum Gasteiger partial charge on any atom is 0.0947 e. The molecule has 3 heteroatoms. The van der Waals surface area contributed by atoms with Gasteiger partial charge in [0.15, 0.2) is 0 Å². The Labute approximate surface area is 113 Å². The quantitative estimate of drug-likeness (QED) is 0.678. The van der Waals surface area contributed by atoms with Gasteiger partial charge in [0.2, 0.25) is 0 Å². The highest BCUT2D eigenvalue weighted by atomic mass is 31.1. The summed E-state index contributed by atoms with van der Waals surface area (Å²) in [5, 5.41) is 10.9. The number of hydrogen-bond donors (Lipinski definition) is 0. The second-order valence-electron chi connectivity index (χ2n) is 4.09. The van der Waals surface area contributed by atoms with Crippen molar-refractivity contribution in [3.63, 3.8) is 0 Å². The monoisotopic (exact) mass is 264 g/mol. The van der Waals surface area contributed by atoms with E-state index in [0.717, 1.165) is 5.44 Å². The molecule has 0 atom stereocenters. The van der Waals surface area contributed by atoms with E-state index >= 15 is 0 Å². The minimum Gasteiger partial charge on any atom is -0.159 e. The van der Waals surface area contributed by atoms with Crippen LogP contribution in [0.3, 0.4) is 0 Å². The molecule has 0 amide bonds. The summed E-state index contributed by atoms with van der Waals surface area (Å²) < 4.78 is 0. The Balaban J connectivity index is 2.12. The third-order valence-electron chi connectivity index (χ3n) is 2.82. The molecule has 0 radical (unpaired) electrons. The van der Waals surface area contributed by atoms with Crippen LogP contribution in [0.5, 0.6) is 0 Å². The van der Waals surface area contributed by atoms with Crippen molar-refractivity contribution in [1.29, 1.82) is 0 Å². The highest BCUT2D eigenvalue weighted by Crippen LogP contribution is 2.30. The SMILES string of the molecule is c1ccc(P(c2ccccc2)c2cccnn2)cc1. The number of aromatic nitrogens is 2. The first-order valence-corrected chi connectivity index (χ1v) is 7.47. The van der Waals surface area contributed by atoms with Crippen LogP contribution in [0.2, 0.25) is 0 Å². The lowest BCUT2D eigenvalue weighted by Gasteiger charge is -2.17. The van der Waals surface area contributed by atoms with E-state index in [9.17, 15) is 0 Å². The van der Waals surface area contributed by atoms with Crippen molar-refractivity contribution in [1.82, 2.24) is 10.2 Å². The summed E-state index contributed by atoms with van der Waals surface area (Å²) >= 11 is 0. The van der Waals surface area contributed by atoms with Crippen LogP contribution in [-0.4, -0.2) is 10.2 Å². The summed E-state index contributed by atoms with van der Waals surface area (Å²) in [7, 11) is -0.620. The first kappa shape index (κ1) is 12.0. The molecule has 0 bridgehead atoms. The zero-order chi connectivity index (χ0) is 12.9. The standard InChI is InChI=1S/C16H13N2P/c1-3-8-14(9-4-1)19(15-10-5-2-6-11-15)16-12-7-13-17-18-16/h1-13H. The topological polar surface area (TPSA) is 25.8 Å². The summed E-state index contributed by atoms with van der Waals surface area (Å²) in [5.41, 5.74) is 1.04. The van der Waals surface area contributed by atoms with E-state index in [1.165, 1.54) is 10.6 Å². The maximum absolute atomic E-state index is 4.31. The van der Waals surface area contributed by atoms with E-state index < -0.39 is 7.92 Å². The summed E-state index contributed by atoms with van der Waals surface area (Å²) in [5.74, 6) is 0. The zero-order valence-corrected chi connectivity index (χ0v) is 11.2. The van der Waals surface area contributed by atoms with E-state index in [0.29, 0.717) is 0 Å².